The van der Waals surface area contributed by atoms with Gasteiger partial charge in [0.1, 0.15) is 11.3 Å². The Bertz CT molecular complexity index is 993. The maximum absolute atomic E-state index is 9.80. The van der Waals surface area contributed by atoms with Crippen LogP contribution in [0.4, 0.5) is 5.95 Å². The molecule has 0 radical (unpaired) electrons. The van der Waals surface area contributed by atoms with Crippen molar-refractivity contribution in [3.05, 3.63) is 36.4 Å². The number of fused-ring (bicyclic) bond motifs is 1. The Labute approximate surface area is 151 Å². The van der Waals surface area contributed by atoms with Crippen LogP contribution in [0.25, 0.3) is 22.2 Å². The molecule has 134 valence electrons. The van der Waals surface area contributed by atoms with Crippen LogP contribution >= 0.6 is 0 Å². The largest absolute Gasteiger partial charge is 0.396 e. The zero-order valence-corrected chi connectivity index (χ0v) is 14.8. The first-order valence-electron chi connectivity index (χ1n) is 8.31. The normalized spacial score (nSPS) is 11.4. The van der Waals surface area contributed by atoms with E-state index in [2.05, 4.69) is 26.8 Å². The minimum atomic E-state index is -1.09. The summed E-state index contributed by atoms with van der Waals surface area (Å²) < 4.78 is 2.03. The zero-order valence-electron chi connectivity index (χ0n) is 14.8. The Kier molecular flexibility index (Phi) is 4.89. The number of pyridine rings is 1. The third kappa shape index (κ3) is 3.99. The molecule has 7 heteroatoms. The summed E-state index contributed by atoms with van der Waals surface area (Å²) in [6, 6.07) is 3.67. The maximum Gasteiger partial charge on any atom is 0.220 e. The maximum atomic E-state index is 9.80. The molecule has 0 bridgehead atoms. The summed E-state index contributed by atoms with van der Waals surface area (Å²) in [5.74, 6) is 5.87. The second kappa shape index (κ2) is 7.12. The van der Waals surface area contributed by atoms with Gasteiger partial charge in [-0.2, -0.15) is 0 Å². The summed E-state index contributed by atoms with van der Waals surface area (Å²) in [5.41, 5.74) is 7.71. The highest BCUT2D eigenvalue weighted by Gasteiger charge is 2.13. The molecule has 3 aromatic rings. The van der Waals surface area contributed by atoms with E-state index in [1.165, 1.54) is 0 Å². The third-order valence-electron chi connectivity index (χ3n) is 3.77. The topological polar surface area (TPSA) is 110 Å². The smallest absolute Gasteiger partial charge is 0.220 e. The number of aryl methyl sites for hydroxylation is 1. The highest BCUT2D eigenvalue weighted by atomic mass is 16.3. The van der Waals surface area contributed by atoms with Gasteiger partial charge in [-0.05, 0) is 38.3 Å². The van der Waals surface area contributed by atoms with Crippen molar-refractivity contribution in [2.45, 2.75) is 32.4 Å². The van der Waals surface area contributed by atoms with E-state index in [4.69, 9.17) is 10.8 Å². The van der Waals surface area contributed by atoms with Crippen molar-refractivity contribution in [3.8, 4) is 23.1 Å². The fraction of sp³-hybridized carbons (Fsp3) is 0.316. The molecule has 3 aromatic heterocycles. The quantitative estimate of drug-likeness (QED) is 0.616. The van der Waals surface area contributed by atoms with Crippen molar-refractivity contribution in [2.75, 3.05) is 12.3 Å². The number of nitrogen functional groups attached to an aromatic ring is 1. The minimum absolute atomic E-state index is 0.109. The van der Waals surface area contributed by atoms with Crippen LogP contribution in [0.3, 0.4) is 0 Å². The van der Waals surface area contributed by atoms with Gasteiger partial charge < -0.3 is 20.5 Å². The highest BCUT2D eigenvalue weighted by Crippen LogP contribution is 2.30. The van der Waals surface area contributed by atoms with Crippen LogP contribution in [-0.2, 0) is 6.54 Å². The standard InChI is InChI=1S/C19H21N5O2/c1-19(2,26)6-4-13-10-14-15(16-5-7-21-18(20)23-16)12-24(8-3-9-25)17(14)11-22-13/h5,7,10-12,25-26H,3,8-9H2,1-2H3,(H2,20,21,23). The lowest BCUT2D eigenvalue weighted by molar-refractivity contribution is 0.143. The summed E-state index contributed by atoms with van der Waals surface area (Å²) in [6.45, 7) is 4.01. The van der Waals surface area contributed by atoms with E-state index < -0.39 is 5.60 Å². The molecule has 0 saturated heterocycles. The zero-order chi connectivity index (χ0) is 18.7. The van der Waals surface area contributed by atoms with Gasteiger partial charge in [-0.3, -0.25) is 0 Å². The van der Waals surface area contributed by atoms with Gasteiger partial charge in [0.05, 0.1) is 17.4 Å². The molecule has 0 amide bonds. The molecule has 0 atom stereocenters. The van der Waals surface area contributed by atoms with Crippen molar-refractivity contribution < 1.29 is 10.2 Å². The second-order valence-electron chi connectivity index (χ2n) is 6.51. The van der Waals surface area contributed by atoms with E-state index in [1.807, 2.05) is 16.8 Å². The lowest BCUT2D eigenvalue weighted by Gasteiger charge is -2.06. The molecular weight excluding hydrogens is 330 g/mol. The Hall–Kier alpha value is -2.95. The predicted octanol–water partition coefficient (Wildman–Crippen LogP) is 1.58. The van der Waals surface area contributed by atoms with Gasteiger partial charge in [0, 0.05) is 36.5 Å². The van der Waals surface area contributed by atoms with Crippen molar-refractivity contribution in [3.63, 3.8) is 0 Å². The van der Waals surface area contributed by atoms with Crippen LogP contribution in [0.2, 0.25) is 0 Å². The van der Waals surface area contributed by atoms with E-state index in [0.29, 0.717) is 24.4 Å². The average molecular weight is 351 g/mol. The van der Waals surface area contributed by atoms with Crippen LogP contribution in [0.5, 0.6) is 0 Å². The SMILES string of the molecule is CC(C)(O)C#Cc1cc2c(-c3ccnc(N)n3)cn(CCCO)c2cn1. The van der Waals surface area contributed by atoms with Gasteiger partial charge in [0.2, 0.25) is 5.95 Å². The van der Waals surface area contributed by atoms with Crippen molar-refractivity contribution in [1.29, 1.82) is 0 Å². The Morgan fingerprint density at radius 3 is 2.81 bits per heavy atom. The number of aliphatic hydroxyl groups is 2. The van der Waals surface area contributed by atoms with E-state index in [0.717, 1.165) is 16.5 Å². The number of aliphatic hydroxyl groups excluding tert-OH is 1. The number of nitrogens with two attached hydrogens (primary N) is 1. The first-order valence-corrected chi connectivity index (χ1v) is 8.31. The number of aromatic nitrogens is 4. The van der Waals surface area contributed by atoms with E-state index in [1.54, 1.807) is 32.3 Å². The van der Waals surface area contributed by atoms with Gasteiger partial charge in [0.15, 0.2) is 0 Å². The van der Waals surface area contributed by atoms with Crippen LogP contribution < -0.4 is 5.73 Å². The van der Waals surface area contributed by atoms with Crippen LogP contribution in [0.15, 0.2) is 30.7 Å². The number of anilines is 1. The van der Waals surface area contributed by atoms with Crippen molar-refractivity contribution >= 4 is 16.9 Å². The first-order chi connectivity index (χ1) is 12.4. The summed E-state index contributed by atoms with van der Waals surface area (Å²) in [6.07, 6.45) is 5.96. The molecule has 0 aliphatic heterocycles. The van der Waals surface area contributed by atoms with E-state index in [-0.39, 0.29) is 12.6 Å². The van der Waals surface area contributed by atoms with Crippen LogP contribution in [0.1, 0.15) is 26.0 Å². The van der Waals surface area contributed by atoms with Crippen LogP contribution in [-0.4, -0.2) is 41.9 Å². The van der Waals surface area contributed by atoms with Gasteiger partial charge in [-0.15, -0.1) is 0 Å². The molecule has 7 nitrogen and oxygen atoms in total. The third-order valence-corrected chi connectivity index (χ3v) is 3.77. The van der Waals surface area contributed by atoms with Crippen molar-refractivity contribution in [2.24, 2.45) is 0 Å². The summed E-state index contributed by atoms with van der Waals surface area (Å²) in [7, 11) is 0. The first kappa shape index (κ1) is 17.9. The molecule has 0 saturated carbocycles. The molecule has 0 fully saturated rings. The average Bonchev–Trinajstić information content (AvgIpc) is 2.95. The molecule has 26 heavy (non-hydrogen) atoms. The van der Waals surface area contributed by atoms with Crippen molar-refractivity contribution in [1.82, 2.24) is 19.5 Å². The summed E-state index contributed by atoms with van der Waals surface area (Å²) >= 11 is 0. The van der Waals surface area contributed by atoms with E-state index in [9.17, 15) is 5.11 Å². The lowest BCUT2D eigenvalue weighted by atomic mass is 10.1. The fourth-order valence-electron chi connectivity index (χ4n) is 2.63. The summed E-state index contributed by atoms with van der Waals surface area (Å²) in [5, 5.41) is 19.9. The Morgan fingerprint density at radius 1 is 1.31 bits per heavy atom. The molecule has 4 N–H and O–H groups in total. The molecule has 0 spiro atoms. The number of hydrogen-bond donors (Lipinski definition) is 3. The second-order valence-corrected chi connectivity index (χ2v) is 6.51. The molecule has 0 aliphatic carbocycles. The van der Waals surface area contributed by atoms with Gasteiger partial charge in [-0.25, -0.2) is 15.0 Å². The fourth-order valence-corrected chi connectivity index (χ4v) is 2.63. The minimum Gasteiger partial charge on any atom is -0.396 e. The van der Waals surface area contributed by atoms with E-state index >= 15 is 0 Å². The monoisotopic (exact) mass is 351 g/mol. The molecule has 0 aliphatic rings. The Balaban J connectivity index is 2.16. The molecule has 3 heterocycles. The number of rotatable bonds is 4. The molecule has 3 rings (SSSR count). The van der Waals surface area contributed by atoms with Gasteiger partial charge in [-0.1, -0.05) is 5.92 Å². The lowest BCUT2D eigenvalue weighted by Crippen LogP contribution is -2.14. The van der Waals surface area contributed by atoms with Crippen LogP contribution in [0, 0.1) is 11.8 Å². The predicted molar refractivity (Wildman–Crippen MR) is 100 cm³/mol. The summed E-state index contributed by atoms with van der Waals surface area (Å²) in [4.78, 5) is 12.6. The van der Waals surface area contributed by atoms with Gasteiger partial charge in [0.25, 0.3) is 0 Å². The molecule has 0 aromatic carbocycles. The highest BCUT2D eigenvalue weighted by molar-refractivity contribution is 5.95. The number of hydrogen-bond acceptors (Lipinski definition) is 6. The Morgan fingerprint density at radius 2 is 2.12 bits per heavy atom. The number of nitrogens with zero attached hydrogens (tertiary/aromatic N) is 4. The molecular formula is C19H21N5O2. The molecule has 0 unspecified atom stereocenters. The van der Waals surface area contributed by atoms with Gasteiger partial charge >= 0.3 is 0 Å².